The summed E-state index contributed by atoms with van der Waals surface area (Å²) in [5.74, 6) is 0.0984. The topological polar surface area (TPSA) is 41.1 Å². The number of hydrogen-bond donors (Lipinski definition) is 2. The van der Waals surface area contributed by atoms with Gasteiger partial charge in [-0.3, -0.25) is 4.79 Å². The Morgan fingerprint density at radius 1 is 1.25 bits per heavy atom. The van der Waals surface area contributed by atoms with Gasteiger partial charge in [0.15, 0.2) is 0 Å². The average Bonchev–Trinajstić information content (AvgIpc) is 2.44. The molecule has 1 fully saturated rings. The molecule has 110 valence electrons. The van der Waals surface area contributed by atoms with E-state index in [0.717, 1.165) is 30.7 Å². The average molecular weight is 313 g/mol. The first kappa shape index (κ1) is 15.7. The molecule has 2 rings (SSSR count). The zero-order chi connectivity index (χ0) is 14.4. The van der Waals surface area contributed by atoms with Crippen LogP contribution >= 0.6 is 23.4 Å². The molecule has 0 spiro atoms. The highest BCUT2D eigenvalue weighted by atomic mass is 35.5. The van der Waals surface area contributed by atoms with Gasteiger partial charge in [0.2, 0.25) is 5.91 Å². The molecule has 0 aliphatic heterocycles. The van der Waals surface area contributed by atoms with Crippen molar-refractivity contribution in [3.63, 3.8) is 0 Å². The van der Waals surface area contributed by atoms with Crippen LogP contribution in [0.2, 0.25) is 5.02 Å². The number of likely N-dealkylation sites (N-methyl/N-ethyl adjacent to an activating group) is 1. The third-order valence-corrected chi connectivity index (χ3v) is 5.09. The van der Waals surface area contributed by atoms with Crippen molar-refractivity contribution >= 4 is 29.3 Å². The lowest BCUT2D eigenvalue weighted by molar-refractivity contribution is -0.121. The van der Waals surface area contributed by atoms with Crippen LogP contribution < -0.4 is 10.6 Å². The van der Waals surface area contributed by atoms with Gasteiger partial charge in [-0.2, -0.15) is 0 Å². The van der Waals surface area contributed by atoms with Crippen LogP contribution in [-0.4, -0.2) is 30.8 Å². The minimum Gasteiger partial charge on any atom is -0.352 e. The number of nitrogens with one attached hydrogen (secondary N) is 2. The Morgan fingerprint density at radius 3 is 2.50 bits per heavy atom. The number of rotatable bonds is 5. The van der Waals surface area contributed by atoms with Gasteiger partial charge in [0, 0.05) is 21.2 Å². The van der Waals surface area contributed by atoms with Crippen LogP contribution in [0.5, 0.6) is 0 Å². The second-order valence-corrected chi connectivity index (χ2v) is 6.95. The van der Waals surface area contributed by atoms with E-state index in [0.29, 0.717) is 17.8 Å². The lowest BCUT2D eigenvalue weighted by atomic mass is 9.95. The maximum atomic E-state index is 11.5. The summed E-state index contributed by atoms with van der Waals surface area (Å²) < 4.78 is 0. The number of halogens is 1. The minimum atomic E-state index is 0.0984. The number of amides is 1. The fraction of sp³-hybridized carbons (Fsp3) is 0.533. The van der Waals surface area contributed by atoms with Gasteiger partial charge in [0.05, 0.1) is 6.54 Å². The fourth-order valence-electron chi connectivity index (χ4n) is 2.47. The van der Waals surface area contributed by atoms with E-state index in [1.54, 1.807) is 7.05 Å². The Kier molecular flexibility index (Phi) is 6.20. The molecule has 0 saturated heterocycles. The summed E-state index contributed by atoms with van der Waals surface area (Å²) in [6.45, 7) is 0.402. The maximum Gasteiger partial charge on any atom is 0.234 e. The molecule has 0 unspecified atom stereocenters. The lowest BCUT2D eigenvalue weighted by Gasteiger charge is -2.28. The molecular formula is C15H21ClN2OS. The van der Waals surface area contributed by atoms with E-state index in [2.05, 4.69) is 22.8 Å². The Morgan fingerprint density at radius 2 is 1.90 bits per heavy atom. The number of hydrogen-bond acceptors (Lipinski definition) is 3. The summed E-state index contributed by atoms with van der Waals surface area (Å²) >= 11 is 7.81. The van der Waals surface area contributed by atoms with Crippen LogP contribution in [0.3, 0.4) is 0 Å². The number of benzene rings is 1. The molecule has 0 atom stereocenters. The zero-order valence-electron chi connectivity index (χ0n) is 11.7. The van der Waals surface area contributed by atoms with Crippen molar-refractivity contribution in [2.24, 2.45) is 0 Å². The standard InChI is InChI=1S/C15H21ClN2OS/c1-17-10-15(19)18-12-4-8-14(9-5-12)20-13-6-2-11(16)3-7-13/h2-3,6-7,12,14,17H,4-5,8-10H2,1H3,(H,18,19). The highest BCUT2D eigenvalue weighted by molar-refractivity contribution is 8.00. The first-order valence-corrected chi connectivity index (χ1v) is 8.29. The molecule has 1 aromatic rings. The van der Waals surface area contributed by atoms with Gasteiger partial charge in [0.1, 0.15) is 0 Å². The van der Waals surface area contributed by atoms with Gasteiger partial charge in [-0.25, -0.2) is 0 Å². The predicted molar refractivity (Wildman–Crippen MR) is 85.4 cm³/mol. The van der Waals surface area contributed by atoms with Crippen LogP contribution in [0.1, 0.15) is 25.7 Å². The second-order valence-electron chi connectivity index (χ2n) is 5.14. The number of carbonyl (C=O) groups is 1. The van der Waals surface area contributed by atoms with Crippen molar-refractivity contribution < 1.29 is 4.79 Å². The largest absolute Gasteiger partial charge is 0.352 e. The summed E-state index contributed by atoms with van der Waals surface area (Å²) in [6.07, 6.45) is 4.44. The number of carbonyl (C=O) groups excluding carboxylic acids is 1. The van der Waals surface area contributed by atoms with E-state index in [4.69, 9.17) is 11.6 Å². The van der Waals surface area contributed by atoms with E-state index in [1.807, 2.05) is 23.9 Å². The van der Waals surface area contributed by atoms with Gasteiger partial charge in [-0.1, -0.05) is 11.6 Å². The Labute approximate surface area is 129 Å². The van der Waals surface area contributed by atoms with Crippen LogP contribution in [0.15, 0.2) is 29.2 Å². The minimum absolute atomic E-state index is 0.0984. The van der Waals surface area contributed by atoms with E-state index >= 15 is 0 Å². The molecule has 0 radical (unpaired) electrons. The fourth-order valence-corrected chi connectivity index (χ4v) is 3.78. The predicted octanol–water partition coefficient (Wildman–Crippen LogP) is 3.08. The normalized spacial score (nSPS) is 22.5. The molecule has 1 aliphatic rings. The molecule has 1 saturated carbocycles. The molecule has 2 N–H and O–H groups in total. The molecule has 0 bridgehead atoms. The molecule has 1 amide bonds. The van der Waals surface area contributed by atoms with Crippen LogP contribution in [-0.2, 0) is 4.79 Å². The van der Waals surface area contributed by atoms with Gasteiger partial charge in [-0.15, -0.1) is 11.8 Å². The van der Waals surface area contributed by atoms with E-state index in [-0.39, 0.29) is 5.91 Å². The zero-order valence-corrected chi connectivity index (χ0v) is 13.3. The van der Waals surface area contributed by atoms with Crippen molar-refractivity contribution in [3.8, 4) is 0 Å². The highest BCUT2D eigenvalue weighted by Crippen LogP contribution is 2.34. The Bertz CT molecular complexity index is 430. The summed E-state index contributed by atoms with van der Waals surface area (Å²) in [5, 5.41) is 7.39. The van der Waals surface area contributed by atoms with Crippen LogP contribution in [0.4, 0.5) is 0 Å². The molecule has 20 heavy (non-hydrogen) atoms. The van der Waals surface area contributed by atoms with E-state index in [1.165, 1.54) is 4.90 Å². The third kappa shape index (κ3) is 5.00. The van der Waals surface area contributed by atoms with Crippen molar-refractivity contribution in [1.29, 1.82) is 0 Å². The summed E-state index contributed by atoms with van der Waals surface area (Å²) in [7, 11) is 1.79. The third-order valence-electron chi connectivity index (χ3n) is 3.49. The second kappa shape index (κ2) is 7.91. The van der Waals surface area contributed by atoms with Crippen molar-refractivity contribution in [2.75, 3.05) is 13.6 Å². The molecule has 3 nitrogen and oxygen atoms in total. The molecule has 5 heteroatoms. The molecule has 0 aromatic heterocycles. The van der Waals surface area contributed by atoms with Gasteiger partial charge in [-0.05, 0) is 57.0 Å². The molecule has 1 aliphatic carbocycles. The maximum absolute atomic E-state index is 11.5. The first-order chi connectivity index (χ1) is 9.67. The molecular weight excluding hydrogens is 292 g/mol. The van der Waals surface area contributed by atoms with Gasteiger partial charge >= 0.3 is 0 Å². The quantitative estimate of drug-likeness (QED) is 0.878. The monoisotopic (exact) mass is 312 g/mol. The van der Waals surface area contributed by atoms with Crippen molar-refractivity contribution in [2.45, 2.75) is 41.9 Å². The van der Waals surface area contributed by atoms with Gasteiger partial charge < -0.3 is 10.6 Å². The Balaban J connectivity index is 1.74. The summed E-state index contributed by atoms with van der Waals surface area (Å²) in [4.78, 5) is 12.8. The smallest absolute Gasteiger partial charge is 0.234 e. The SMILES string of the molecule is CNCC(=O)NC1CCC(Sc2ccc(Cl)cc2)CC1. The molecule has 0 heterocycles. The van der Waals surface area contributed by atoms with Crippen molar-refractivity contribution in [1.82, 2.24) is 10.6 Å². The van der Waals surface area contributed by atoms with Crippen molar-refractivity contribution in [3.05, 3.63) is 29.3 Å². The van der Waals surface area contributed by atoms with Crippen LogP contribution in [0.25, 0.3) is 0 Å². The van der Waals surface area contributed by atoms with E-state index < -0.39 is 0 Å². The molecule has 1 aromatic carbocycles. The van der Waals surface area contributed by atoms with E-state index in [9.17, 15) is 4.79 Å². The lowest BCUT2D eigenvalue weighted by Crippen LogP contribution is -2.41. The first-order valence-electron chi connectivity index (χ1n) is 7.03. The highest BCUT2D eigenvalue weighted by Gasteiger charge is 2.22. The van der Waals surface area contributed by atoms with Gasteiger partial charge in [0.25, 0.3) is 0 Å². The summed E-state index contributed by atoms with van der Waals surface area (Å²) in [5.41, 5.74) is 0. The Hall–Kier alpha value is -0.710. The summed E-state index contributed by atoms with van der Waals surface area (Å²) in [6, 6.07) is 8.38. The van der Waals surface area contributed by atoms with Crippen LogP contribution in [0, 0.1) is 0 Å². The number of thioether (sulfide) groups is 1.